The molecule has 0 amide bonds. The fourth-order valence-corrected chi connectivity index (χ4v) is 2.19. The van der Waals surface area contributed by atoms with Crippen molar-refractivity contribution >= 4 is 0 Å². The molecular weight excluding hydrogens is 214 g/mol. The van der Waals surface area contributed by atoms with Gasteiger partial charge in [0.15, 0.2) is 0 Å². The molecule has 1 fully saturated rings. The highest BCUT2D eigenvalue weighted by molar-refractivity contribution is 5.21. The molecule has 94 valence electrons. The average Bonchev–Trinajstić information content (AvgIpc) is 2.30. The van der Waals surface area contributed by atoms with E-state index in [0.717, 1.165) is 19.4 Å². The topological polar surface area (TPSA) is 41.5 Å². The van der Waals surface area contributed by atoms with Gasteiger partial charge in [-0.3, -0.25) is 0 Å². The van der Waals surface area contributed by atoms with E-state index in [1.54, 1.807) is 0 Å². The number of aryl methyl sites for hydroxylation is 1. The van der Waals surface area contributed by atoms with Crippen LogP contribution in [-0.4, -0.2) is 30.5 Å². The second kappa shape index (κ2) is 5.63. The zero-order chi connectivity index (χ0) is 12.1. The van der Waals surface area contributed by atoms with Gasteiger partial charge >= 0.3 is 0 Å². The van der Waals surface area contributed by atoms with Crippen molar-refractivity contribution in [3.05, 3.63) is 35.4 Å². The van der Waals surface area contributed by atoms with E-state index in [0.29, 0.717) is 19.8 Å². The Balaban J connectivity index is 1.79. The van der Waals surface area contributed by atoms with Crippen molar-refractivity contribution in [2.75, 3.05) is 19.8 Å². The molecule has 0 atom stereocenters. The van der Waals surface area contributed by atoms with Crippen LogP contribution in [0.5, 0.6) is 0 Å². The number of nitrogens with one attached hydrogen (secondary N) is 1. The smallest absolute Gasteiger partial charge is 0.0815 e. The summed E-state index contributed by atoms with van der Waals surface area (Å²) in [6.07, 6.45) is 1.46. The number of hydrogen-bond acceptors (Lipinski definition) is 3. The van der Waals surface area contributed by atoms with Crippen molar-refractivity contribution in [1.82, 2.24) is 5.32 Å². The summed E-state index contributed by atoms with van der Waals surface area (Å²) in [6, 6.07) is 8.43. The summed E-state index contributed by atoms with van der Waals surface area (Å²) in [5, 5.41) is 13.6. The van der Waals surface area contributed by atoms with Gasteiger partial charge < -0.3 is 15.2 Å². The molecule has 0 unspecified atom stereocenters. The quantitative estimate of drug-likeness (QED) is 0.833. The van der Waals surface area contributed by atoms with Crippen LogP contribution >= 0.6 is 0 Å². The molecule has 1 aromatic rings. The number of hydrogen-bond donors (Lipinski definition) is 2. The van der Waals surface area contributed by atoms with Gasteiger partial charge in [0.05, 0.1) is 5.60 Å². The van der Waals surface area contributed by atoms with E-state index in [-0.39, 0.29) is 0 Å². The van der Waals surface area contributed by atoms with Crippen molar-refractivity contribution in [3.8, 4) is 0 Å². The molecule has 3 nitrogen and oxygen atoms in total. The second-order valence-electron chi connectivity index (χ2n) is 4.93. The minimum Gasteiger partial charge on any atom is -0.388 e. The van der Waals surface area contributed by atoms with Crippen LogP contribution in [0.4, 0.5) is 0 Å². The molecule has 2 rings (SSSR count). The molecule has 1 saturated heterocycles. The Morgan fingerprint density at radius 2 is 2.12 bits per heavy atom. The predicted octanol–water partition coefficient (Wildman–Crippen LogP) is 1.63. The third-order valence-corrected chi connectivity index (χ3v) is 3.29. The van der Waals surface area contributed by atoms with E-state index in [4.69, 9.17) is 4.74 Å². The Hall–Kier alpha value is -0.900. The fourth-order valence-electron chi connectivity index (χ4n) is 2.19. The maximum Gasteiger partial charge on any atom is 0.0815 e. The van der Waals surface area contributed by atoms with Crippen LogP contribution in [-0.2, 0) is 11.3 Å². The number of rotatable bonds is 4. The van der Waals surface area contributed by atoms with Gasteiger partial charge in [-0.1, -0.05) is 29.8 Å². The molecule has 3 heteroatoms. The summed E-state index contributed by atoms with van der Waals surface area (Å²) in [5.41, 5.74) is 1.96. The minimum atomic E-state index is -0.581. The van der Waals surface area contributed by atoms with Gasteiger partial charge in [0, 0.05) is 39.1 Å². The lowest BCUT2D eigenvalue weighted by molar-refractivity contribution is -0.0617. The Bertz CT molecular complexity index is 359. The molecule has 0 radical (unpaired) electrons. The first kappa shape index (κ1) is 12.6. The van der Waals surface area contributed by atoms with Gasteiger partial charge in [-0.05, 0) is 12.5 Å². The van der Waals surface area contributed by atoms with Crippen molar-refractivity contribution in [2.45, 2.75) is 31.9 Å². The highest BCUT2D eigenvalue weighted by atomic mass is 16.5. The highest BCUT2D eigenvalue weighted by Crippen LogP contribution is 2.19. The van der Waals surface area contributed by atoms with E-state index in [2.05, 4.69) is 36.5 Å². The Kier molecular flexibility index (Phi) is 4.15. The van der Waals surface area contributed by atoms with E-state index < -0.39 is 5.60 Å². The third kappa shape index (κ3) is 3.80. The molecule has 2 N–H and O–H groups in total. The van der Waals surface area contributed by atoms with Gasteiger partial charge in [-0.25, -0.2) is 0 Å². The molecule has 0 bridgehead atoms. The van der Waals surface area contributed by atoms with E-state index >= 15 is 0 Å². The van der Waals surface area contributed by atoms with Crippen molar-refractivity contribution in [2.24, 2.45) is 0 Å². The average molecular weight is 235 g/mol. The van der Waals surface area contributed by atoms with E-state index in [1.807, 2.05) is 0 Å². The van der Waals surface area contributed by atoms with Crippen LogP contribution in [0.2, 0.25) is 0 Å². The van der Waals surface area contributed by atoms with Crippen LogP contribution < -0.4 is 5.32 Å². The lowest BCUT2D eigenvalue weighted by Gasteiger charge is -2.32. The SMILES string of the molecule is Cc1cccc(CNCC2(O)CCOCC2)c1. The zero-order valence-corrected chi connectivity index (χ0v) is 10.4. The normalized spacial score (nSPS) is 19.2. The van der Waals surface area contributed by atoms with Crippen LogP contribution in [0, 0.1) is 6.92 Å². The van der Waals surface area contributed by atoms with Gasteiger partial charge in [0.1, 0.15) is 0 Å². The lowest BCUT2D eigenvalue weighted by atomic mass is 9.94. The van der Waals surface area contributed by atoms with Crippen molar-refractivity contribution in [1.29, 1.82) is 0 Å². The molecule has 0 aromatic heterocycles. The lowest BCUT2D eigenvalue weighted by Crippen LogP contribution is -2.44. The van der Waals surface area contributed by atoms with E-state index in [1.165, 1.54) is 11.1 Å². The summed E-state index contributed by atoms with van der Waals surface area (Å²) < 4.78 is 5.26. The predicted molar refractivity (Wildman–Crippen MR) is 67.9 cm³/mol. The van der Waals surface area contributed by atoms with Gasteiger partial charge in [-0.2, -0.15) is 0 Å². The number of benzene rings is 1. The molecule has 1 heterocycles. The largest absolute Gasteiger partial charge is 0.388 e. The Labute approximate surface area is 103 Å². The van der Waals surface area contributed by atoms with E-state index in [9.17, 15) is 5.11 Å². The standard InChI is InChI=1S/C14H21NO2/c1-12-3-2-4-13(9-12)10-15-11-14(16)5-7-17-8-6-14/h2-4,9,15-16H,5-8,10-11H2,1H3. The van der Waals surface area contributed by atoms with Gasteiger partial charge in [0.2, 0.25) is 0 Å². The minimum absolute atomic E-state index is 0.581. The number of ether oxygens (including phenoxy) is 1. The summed E-state index contributed by atoms with van der Waals surface area (Å²) >= 11 is 0. The first-order valence-electron chi connectivity index (χ1n) is 6.24. The fraction of sp³-hybridized carbons (Fsp3) is 0.571. The summed E-state index contributed by atoms with van der Waals surface area (Å²) in [6.45, 7) is 4.88. The summed E-state index contributed by atoms with van der Waals surface area (Å²) in [4.78, 5) is 0. The maximum atomic E-state index is 10.3. The van der Waals surface area contributed by atoms with Crippen molar-refractivity contribution < 1.29 is 9.84 Å². The molecule has 0 saturated carbocycles. The maximum absolute atomic E-state index is 10.3. The summed E-state index contributed by atoms with van der Waals surface area (Å²) in [7, 11) is 0. The Morgan fingerprint density at radius 3 is 2.82 bits per heavy atom. The second-order valence-corrected chi connectivity index (χ2v) is 4.93. The molecule has 0 aliphatic carbocycles. The Morgan fingerprint density at radius 1 is 1.35 bits per heavy atom. The van der Waals surface area contributed by atoms with Gasteiger partial charge in [0.25, 0.3) is 0 Å². The summed E-state index contributed by atoms with van der Waals surface area (Å²) in [5.74, 6) is 0. The first-order chi connectivity index (χ1) is 8.18. The zero-order valence-electron chi connectivity index (χ0n) is 10.4. The monoisotopic (exact) mass is 235 g/mol. The molecule has 17 heavy (non-hydrogen) atoms. The molecule has 1 aliphatic rings. The van der Waals surface area contributed by atoms with Crippen LogP contribution in [0.1, 0.15) is 24.0 Å². The molecule has 1 aliphatic heterocycles. The van der Waals surface area contributed by atoms with Gasteiger partial charge in [-0.15, -0.1) is 0 Å². The van der Waals surface area contributed by atoms with Crippen LogP contribution in [0.15, 0.2) is 24.3 Å². The molecule has 0 spiro atoms. The molecule has 1 aromatic carbocycles. The highest BCUT2D eigenvalue weighted by Gasteiger charge is 2.28. The first-order valence-corrected chi connectivity index (χ1v) is 6.24. The van der Waals surface area contributed by atoms with Crippen LogP contribution in [0.3, 0.4) is 0 Å². The molecular formula is C14H21NO2. The van der Waals surface area contributed by atoms with Crippen molar-refractivity contribution in [3.63, 3.8) is 0 Å². The number of aliphatic hydroxyl groups is 1. The van der Waals surface area contributed by atoms with Crippen LogP contribution in [0.25, 0.3) is 0 Å². The third-order valence-electron chi connectivity index (χ3n) is 3.29.